The van der Waals surface area contributed by atoms with E-state index in [4.69, 9.17) is 0 Å². The van der Waals surface area contributed by atoms with Crippen LogP contribution in [0.2, 0.25) is 0 Å². The molecule has 3 nitrogen and oxygen atoms in total. The lowest BCUT2D eigenvalue weighted by atomic mass is 10.1. The first-order chi connectivity index (χ1) is 10.1. The number of Topliss-reactive ketones (excluding diaryl/α,β-unsaturated/α-hetero) is 1. The molecule has 0 bridgehead atoms. The van der Waals surface area contributed by atoms with Gasteiger partial charge in [-0.05, 0) is 25.0 Å². The highest BCUT2D eigenvalue weighted by Crippen LogP contribution is 2.19. The third kappa shape index (κ3) is 5.92. The van der Waals surface area contributed by atoms with Gasteiger partial charge >= 0.3 is 0 Å². The third-order valence-electron chi connectivity index (χ3n) is 3.20. The highest BCUT2D eigenvalue weighted by Gasteiger charge is 2.12. The lowest BCUT2D eigenvalue weighted by Gasteiger charge is -2.21. The topological polar surface area (TPSA) is 37.4 Å². The molecule has 1 amide bonds. The lowest BCUT2D eigenvalue weighted by Crippen LogP contribution is -2.33. The number of carbonyl (C=O) groups is 2. The van der Waals surface area contributed by atoms with Crippen molar-refractivity contribution in [3.8, 4) is 0 Å². The summed E-state index contributed by atoms with van der Waals surface area (Å²) in [7, 11) is 0. The molecule has 0 saturated heterocycles. The average Bonchev–Trinajstić information content (AvgIpc) is 2.52. The number of hydrogen-bond donors (Lipinski definition) is 0. The standard InChI is InChI=1S/C17H25NO2S/c1-4-11-18(12-5-2)17(20)13-21-15-9-7-14(8-10-15)16(19)6-3/h7-10H,4-6,11-13H2,1-3H3. The number of rotatable bonds is 9. The number of thioether (sulfide) groups is 1. The zero-order valence-electron chi connectivity index (χ0n) is 13.2. The summed E-state index contributed by atoms with van der Waals surface area (Å²) in [4.78, 5) is 26.7. The van der Waals surface area contributed by atoms with E-state index in [2.05, 4.69) is 13.8 Å². The summed E-state index contributed by atoms with van der Waals surface area (Å²) in [5, 5.41) is 0. The van der Waals surface area contributed by atoms with E-state index >= 15 is 0 Å². The van der Waals surface area contributed by atoms with Crippen molar-refractivity contribution in [2.45, 2.75) is 44.9 Å². The molecule has 0 fully saturated rings. The van der Waals surface area contributed by atoms with Gasteiger partial charge in [-0.3, -0.25) is 9.59 Å². The third-order valence-corrected chi connectivity index (χ3v) is 4.20. The molecular formula is C17H25NO2S. The molecule has 116 valence electrons. The quantitative estimate of drug-likeness (QED) is 0.511. The van der Waals surface area contributed by atoms with Crippen molar-refractivity contribution in [1.82, 2.24) is 4.90 Å². The Morgan fingerprint density at radius 3 is 2.05 bits per heavy atom. The molecule has 0 aromatic heterocycles. The summed E-state index contributed by atoms with van der Waals surface area (Å²) >= 11 is 1.53. The monoisotopic (exact) mass is 307 g/mol. The maximum absolute atomic E-state index is 12.2. The summed E-state index contributed by atoms with van der Waals surface area (Å²) in [6.07, 6.45) is 2.50. The number of amides is 1. The maximum atomic E-state index is 12.2. The maximum Gasteiger partial charge on any atom is 0.232 e. The van der Waals surface area contributed by atoms with E-state index in [9.17, 15) is 9.59 Å². The van der Waals surface area contributed by atoms with Crippen LogP contribution in [0.1, 0.15) is 50.4 Å². The van der Waals surface area contributed by atoms with Gasteiger partial charge in [0.25, 0.3) is 0 Å². The summed E-state index contributed by atoms with van der Waals surface area (Å²) in [5.41, 5.74) is 0.742. The summed E-state index contributed by atoms with van der Waals surface area (Å²) < 4.78 is 0. The number of ketones is 1. The molecule has 4 heteroatoms. The highest BCUT2D eigenvalue weighted by atomic mass is 32.2. The van der Waals surface area contributed by atoms with Crippen LogP contribution in [0.5, 0.6) is 0 Å². The van der Waals surface area contributed by atoms with Crippen molar-refractivity contribution in [2.24, 2.45) is 0 Å². The van der Waals surface area contributed by atoms with Gasteiger partial charge in [0.1, 0.15) is 0 Å². The van der Waals surface area contributed by atoms with E-state index < -0.39 is 0 Å². The van der Waals surface area contributed by atoms with Crippen molar-refractivity contribution in [2.75, 3.05) is 18.8 Å². The van der Waals surface area contributed by atoms with E-state index in [1.807, 2.05) is 36.1 Å². The molecule has 0 N–H and O–H groups in total. The molecule has 1 rings (SSSR count). The van der Waals surface area contributed by atoms with Gasteiger partial charge < -0.3 is 4.90 Å². The predicted octanol–water partition coefficient (Wildman–Crippen LogP) is 4.02. The molecule has 1 aromatic rings. The van der Waals surface area contributed by atoms with Gasteiger partial charge in [0.15, 0.2) is 5.78 Å². The Balaban J connectivity index is 2.53. The Hall–Kier alpha value is -1.29. The zero-order valence-corrected chi connectivity index (χ0v) is 14.0. The van der Waals surface area contributed by atoms with Crippen molar-refractivity contribution < 1.29 is 9.59 Å². The first-order valence-corrected chi connectivity index (χ1v) is 8.64. The van der Waals surface area contributed by atoms with E-state index in [-0.39, 0.29) is 11.7 Å². The van der Waals surface area contributed by atoms with Crippen LogP contribution >= 0.6 is 11.8 Å². The molecule has 0 saturated carbocycles. The molecular weight excluding hydrogens is 282 g/mol. The normalized spacial score (nSPS) is 10.4. The fourth-order valence-electron chi connectivity index (χ4n) is 2.08. The number of hydrogen-bond acceptors (Lipinski definition) is 3. The summed E-state index contributed by atoms with van der Waals surface area (Å²) in [6.45, 7) is 7.70. The molecule has 0 spiro atoms. The Bertz CT molecular complexity index is 450. The van der Waals surface area contributed by atoms with Crippen LogP contribution in [0.15, 0.2) is 29.2 Å². The van der Waals surface area contributed by atoms with Gasteiger partial charge in [0.2, 0.25) is 5.91 Å². The van der Waals surface area contributed by atoms with Crippen LogP contribution in [-0.2, 0) is 4.79 Å². The minimum Gasteiger partial charge on any atom is -0.342 e. The molecule has 0 atom stereocenters. The van der Waals surface area contributed by atoms with Crippen molar-refractivity contribution >= 4 is 23.5 Å². The van der Waals surface area contributed by atoms with Crippen molar-refractivity contribution in [3.05, 3.63) is 29.8 Å². The second-order valence-corrected chi connectivity index (χ2v) is 6.02. The van der Waals surface area contributed by atoms with E-state index in [1.165, 1.54) is 11.8 Å². The molecule has 0 aliphatic rings. The highest BCUT2D eigenvalue weighted by molar-refractivity contribution is 8.00. The van der Waals surface area contributed by atoms with Crippen molar-refractivity contribution in [3.63, 3.8) is 0 Å². The van der Waals surface area contributed by atoms with E-state index in [0.717, 1.165) is 36.4 Å². The second-order valence-electron chi connectivity index (χ2n) is 4.97. The van der Waals surface area contributed by atoms with Crippen molar-refractivity contribution in [1.29, 1.82) is 0 Å². The smallest absolute Gasteiger partial charge is 0.232 e. The Morgan fingerprint density at radius 2 is 1.57 bits per heavy atom. The lowest BCUT2D eigenvalue weighted by molar-refractivity contribution is -0.128. The predicted molar refractivity (Wildman–Crippen MR) is 88.9 cm³/mol. The number of nitrogens with zero attached hydrogens (tertiary/aromatic N) is 1. The zero-order chi connectivity index (χ0) is 15.7. The molecule has 0 heterocycles. The summed E-state index contributed by atoms with van der Waals surface area (Å²) in [5.74, 6) is 0.804. The van der Waals surface area contributed by atoms with Gasteiger partial charge in [0, 0.05) is 30.0 Å². The fourth-order valence-corrected chi connectivity index (χ4v) is 2.88. The van der Waals surface area contributed by atoms with Crippen LogP contribution in [0.3, 0.4) is 0 Å². The molecule has 0 aliphatic carbocycles. The Kier molecular flexibility index (Phi) is 8.13. The molecule has 0 unspecified atom stereocenters. The average molecular weight is 307 g/mol. The van der Waals surface area contributed by atoms with Gasteiger partial charge in [-0.1, -0.05) is 32.9 Å². The minimum absolute atomic E-state index is 0.152. The Labute approximate surface area is 132 Å². The fraction of sp³-hybridized carbons (Fsp3) is 0.529. The van der Waals surface area contributed by atoms with Crippen LogP contribution in [0.25, 0.3) is 0 Å². The largest absolute Gasteiger partial charge is 0.342 e. The number of carbonyl (C=O) groups excluding carboxylic acids is 2. The molecule has 1 aromatic carbocycles. The van der Waals surface area contributed by atoms with Crippen LogP contribution < -0.4 is 0 Å². The first kappa shape index (κ1) is 17.8. The second kappa shape index (κ2) is 9.61. The molecule has 21 heavy (non-hydrogen) atoms. The van der Waals surface area contributed by atoms with E-state index in [1.54, 1.807) is 0 Å². The van der Waals surface area contributed by atoms with Gasteiger partial charge in [-0.15, -0.1) is 11.8 Å². The van der Waals surface area contributed by atoms with Gasteiger partial charge in [-0.25, -0.2) is 0 Å². The van der Waals surface area contributed by atoms with Crippen LogP contribution in [-0.4, -0.2) is 35.4 Å². The molecule has 0 radical (unpaired) electrons. The summed E-state index contributed by atoms with van der Waals surface area (Å²) in [6, 6.07) is 7.53. The SMILES string of the molecule is CCCN(CCC)C(=O)CSc1ccc(C(=O)CC)cc1. The molecule has 0 aliphatic heterocycles. The first-order valence-electron chi connectivity index (χ1n) is 7.66. The Morgan fingerprint density at radius 1 is 1.00 bits per heavy atom. The van der Waals surface area contributed by atoms with Gasteiger partial charge in [0.05, 0.1) is 5.75 Å². The number of benzene rings is 1. The van der Waals surface area contributed by atoms with Crippen LogP contribution in [0.4, 0.5) is 0 Å². The van der Waals surface area contributed by atoms with E-state index in [0.29, 0.717) is 12.2 Å². The van der Waals surface area contributed by atoms with Gasteiger partial charge in [-0.2, -0.15) is 0 Å². The minimum atomic E-state index is 0.152. The van der Waals surface area contributed by atoms with Crippen LogP contribution in [0, 0.1) is 0 Å².